The van der Waals surface area contributed by atoms with Gasteiger partial charge in [-0.3, -0.25) is 0 Å². The molecule has 1 aromatic rings. The Morgan fingerprint density at radius 3 is 2.22 bits per heavy atom. The zero-order valence-corrected chi connectivity index (χ0v) is 14.6. The fourth-order valence-corrected chi connectivity index (χ4v) is 2.99. The summed E-state index contributed by atoms with van der Waals surface area (Å²) in [4.78, 5) is -0.00957. The van der Waals surface area contributed by atoms with Crippen LogP contribution >= 0.6 is 0 Å². The maximum Gasteiger partial charge on any atom is 0.494 e. The van der Waals surface area contributed by atoms with E-state index in [-0.39, 0.29) is 16.7 Å². The molecule has 1 saturated heterocycles. The third-order valence-electron chi connectivity index (χ3n) is 4.62. The molecule has 1 aliphatic heterocycles. The summed E-state index contributed by atoms with van der Waals surface area (Å²) in [5.41, 5.74) is -0.214. The van der Waals surface area contributed by atoms with Crippen molar-refractivity contribution in [3.05, 3.63) is 18.2 Å². The van der Waals surface area contributed by atoms with E-state index in [1.165, 1.54) is 6.07 Å². The number of nitrogens with two attached hydrogens (primary N) is 1. The van der Waals surface area contributed by atoms with Crippen LogP contribution in [0, 0.1) is 0 Å². The summed E-state index contributed by atoms with van der Waals surface area (Å²) in [7, 11) is -4.42. The number of rotatable bonds is 4. The van der Waals surface area contributed by atoms with Crippen LogP contribution in [0.5, 0.6) is 5.75 Å². The molecule has 0 spiro atoms. The topological polar surface area (TPSA) is 87.9 Å². The summed E-state index contributed by atoms with van der Waals surface area (Å²) in [5.74, 6) is 0.266. The number of ether oxygens (including phenoxy) is 1. The molecule has 1 aromatic carbocycles. The molecule has 23 heavy (non-hydrogen) atoms. The van der Waals surface area contributed by atoms with E-state index in [0.717, 1.165) is 12.8 Å². The average Bonchev–Trinajstić information content (AvgIpc) is 3.15. The molecule has 2 aliphatic rings. The van der Waals surface area contributed by atoms with Crippen LogP contribution in [0.2, 0.25) is 0 Å². The number of sulfonamides is 1. The van der Waals surface area contributed by atoms with Crippen molar-refractivity contribution in [2.75, 3.05) is 0 Å². The molecule has 0 unspecified atom stereocenters. The molecular formula is C15H22BNO5S. The molecule has 0 aromatic heterocycles. The van der Waals surface area contributed by atoms with Gasteiger partial charge in [-0.2, -0.15) is 0 Å². The molecule has 1 heterocycles. The van der Waals surface area contributed by atoms with Crippen molar-refractivity contribution in [2.45, 2.75) is 62.7 Å². The van der Waals surface area contributed by atoms with Crippen LogP contribution in [0.25, 0.3) is 0 Å². The minimum Gasteiger partial charge on any atom is -0.489 e. The normalized spacial score (nSPS) is 23.1. The lowest BCUT2D eigenvalue weighted by Gasteiger charge is -2.32. The molecule has 0 radical (unpaired) electrons. The first kappa shape index (κ1) is 16.8. The second kappa shape index (κ2) is 5.21. The van der Waals surface area contributed by atoms with E-state index in [9.17, 15) is 8.42 Å². The lowest BCUT2D eigenvalue weighted by atomic mass is 9.79. The highest BCUT2D eigenvalue weighted by molar-refractivity contribution is 7.89. The van der Waals surface area contributed by atoms with Gasteiger partial charge < -0.3 is 14.0 Å². The summed E-state index contributed by atoms with van der Waals surface area (Å²) in [6.45, 7) is 7.86. The zero-order chi connectivity index (χ0) is 17.0. The second-order valence-corrected chi connectivity index (χ2v) is 8.69. The van der Waals surface area contributed by atoms with Crippen LogP contribution in [0.15, 0.2) is 23.1 Å². The lowest BCUT2D eigenvalue weighted by Crippen LogP contribution is -2.41. The van der Waals surface area contributed by atoms with Gasteiger partial charge in [0.25, 0.3) is 0 Å². The predicted molar refractivity (Wildman–Crippen MR) is 87.2 cm³/mol. The van der Waals surface area contributed by atoms with Gasteiger partial charge in [0.05, 0.1) is 17.3 Å². The van der Waals surface area contributed by atoms with Crippen LogP contribution in [0.1, 0.15) is 40.5 Å². The Balaban J connectivity index is 1.95. The van der Waals surface area contributed by atoms with Gasteiger partial charge in [0, 0.05) is 0 Å². The van der Waals surface area contributed by atoms with E-state index in [1.807, 2.05) is 27.7 Å². The second-order valence-electron chi connectivity index (χ2n) is 7.16. The summed E-state index contributed by atoms with van der Waals surface area (Å²) >= 11 is 0. The maximum absolute atomic E-state index is 11.7. The van der Waals surface area contributed by atoms with Gasteiger partial charge >= 0.3 is 7.12 Å². The molecule has 0 atom stereocenters. The number of primary sulfonamides is 1. The average molecular weight is 339 g/mol. The van der Waals surface area contributed by atoms with Gasteiger partial charge in [-0.15, -0.1) is 0 Å². The first-order valence-electron chi connectivity index (χ1n) is 7.69. The van der Waals surface area contributed by atoms with Crippen molar-refractivity contribution < 1.29 is 22.5 Å². The minimum atomic E-state index is -3.84. The SMILES string of the molecule is CC1(C)OB(c2ccc(S(N)(=O)=O)c(OC3CC3)c2)OC1(C)C. The molecule has 1 aliphatic carbocycles. The monoisotopic (exact) mass is 339 g/mol. The Kier molecular flexibility index (Phi) is 3.79. The van der Waals surface area contributed by atoms with Crippen molar-refractivity contribution >= 4 is 22.6 Å². The summed E-state index contributed by atoms with van der Waals surface area (Å²) in [5, 5.41) is 5.27. The molecule has 0 bridgehead atoms. The quantitative estimate of drug-likeness (QED) is 0.832. The van der Waals surface area contributed by atoms with Gasteiger partial charge in [-0.25, -0.2) is 13.6 Å². The van der Waals surface area contributed by atoms with Crippen molar-refractivity contribution in [3.63, 3.8) is 0 Å². The van der Waals surface area contributed by atoms with E-state index in [4.69, 9.17) is 19.2 Å². The molecule has 6 nitrogen and oxygen atoms in total. The first-order chi connectivity index (χ1) is 10.5. The van der Waals surface area contributed by atoms with Crippen LogP contribution in [0.3, 0.4) is 0 Å². The van der Waals surface area contributed by atoms with E-state index in [2.05, 4.69) is 0 Å². The molecule has 2 fully saturated rings. The Morgan fingerprint density at radius 1 is 1.17 bits per heavy atom. The van der Waals surface area contributed by atoms with E-state index in [0.29, 0.717) is 5.46 Å². The first-order valence-corrected chi connectivity index (χ1v) is 9.23. The largest absolute Gasteiger partial charge is 0.494 e. The van der Waals surface area contributed by atoms with Crippen LogP contribution < -0.4 is 15.3 Å². The molecule has 2 N–H and O–H groups in total. The molecular weight excluding hydrogens is 317 g/mol. The van der Waals surface area contributed by atoms with Crippen molar-refractivity contribution in [2.24, 2.45) is 5.14 Å². The summed E-state index contributed by atoms with van der Waals surface area (Å²) in [6, 6.07) is 4.76. The van der Waals surface area contributed by atoms with Gasteiger partial charge in [-0.05, 0) is 58.1 Å². The Labute approximate surface area is 137 Å². The molecule has 0 amide bonds. The van der Waals surface area contributed by atoms with Gasteiger partial charge in [-0.1, -0.05) is 6.07 Å². The third-order valence-corrected chi connectivity index (χ3v) is 5.57. The Morgan fingerprint density at radius 2 is 1.74 bits per heavy atom. The molecule has 126 valence electrons. The highest BCUT2D eigenvalue weighted by Gasteiger charge is 2.51. The molecule has 8 heteroatoms. The van der Waals surface area contributed by atoms with Gasteiger partial charge in [0.2, 0.25) is 10.0 Å². The van der Waals surface area contributed by atoms with E-state index >= 15 is 0 Å². The maximum atomic E-state index is 11.7. The van der Waals surface area contributed by atoms with Crippen LogP contribution in [-0.2, 0) is 19.3 Å². The highest BCUT2D eigenvalue weighted by atomic mass is 32.2. The van der Waals surface area contributed by atoms with E-state index in [1.54, 1.807) is 12.1 Å². The Bertz CT molecular complexity index is 711. The van der Waals surface area contributed by atoms with Gasteiger partial charge in [0.15, 0.2) is 0 Å². The van der Waals surface area contributed by atoms with E-state index < -0.39 is 28.3 Å². The number of hydrogen-bond acceptors (Lipinski definition) is 5. The van der Waals surface area contributed by atoms with Crippen molar-refractivity contribution in [1.82, 2.24) is 0 Å². The smallest absolute Gasteiger partial charge is 0.489 e. The van der Waals surface area contributed by atoms with Crippen molar-refractivity contribution in [3.8, 4) is 5.75 Å². The number of hydrogen-bond donors (Lipinski definition) is 1. The minimum absolute atomic E-state index is 0.00957. The van der Waals surface area contributed by atoms with Crippen LogP contribution in [0.4, 0.5) is 0 Å². The van der Waals surface area contributed by atoms with Crippen molar-refractivity contribution in [1.29, 1.82) is 0 Å². The lowest BCUT2D eigenvalue weighted by molar-refractivity contribution is 0.00578. The standard InChI is InChI=1S/C15H22BNO5S/c1-14(2)15(3,4)22-16(21-14)10-5-8-13(23(17,18)19)12(9-10)20-11-6-7-11/h5,8-9,11H,6-7H2,1-4H3,(H2,17,18,19). The number of benzene rings is 1. The van der Waals surface area contributed by atoms with Crippen LogP contribution in [-0.4, -0.2) is 32.8 Å². The predicted octanol–water partition coefficient (Wildman–Crippen LogP) is 1.17. The fraction of sp³-hybridized carbons (Fsp3) is 0.600. The van der Waals surface area contributed by atoms with Gasteiger partial charge in [0.1, 0.15) is 10.6 Å². The molecule has 3 rings (SSSR count). The zero-order valence-electron chi connectivity index (χ0n) is 13.8. The summed E-state index contributed by atoms with van der Waals surface area (Å²) < 4.78 is 41.2. The summed E-state index contributed by atoms with van der Waals surface area (Å²) in [6.07, 6.45) is 1.90. The highest BCUT2D eigenvalue weighted by Crippen LogP contribution is 2.37. The fourth-order valence-electron chi connectivity index (χ4n) is 2.34. The Hall–Kier alpha value is -1.09. The molecule has 1 saturated carbocycles. The third kappa shape index (κ3) is 3.26.